The van der Waals surface area contributed by atoms with Gasteiger partial charge >= 0.3 is 0 Å². The van der Waals surface area contributed by atoms with Crippen LogP contribution in [0.1, 0.15) is 16.7 Å². The fraction of sp³-hybridized carbons (Fsp3) is 0.333. The highest BCUT2D eigenvalue weighted by molar-refractivity contribution is 7.98. The van der Waals surface area contributed by atoms with Gasteiger partial charge in [-0.1, -0.05) is 18.2 Å². The molecule has 0 nitrogen and oxygen atoms in total. The van der Waals surface area contributed by atoms with Crippen LogP contribution in [-0.4, -0.2) is 0 Å². The minimum atomic E-state index is 1.22. The normalized spacial score (nSPS) is 15.3. The molecule has 0 unspecified atom stereocenters. The van der Waals surface area contributed by atoms with Crippen LogP contribution >= 0.6 is 11.8 Å². The van der Waals surface area contributed by atoms with E-state index in [0.717, 1.165) is 0 Å². The average Bonchev–Trinajstić information content (AvgIpc) is 2.36. The monoisotopic (exact) mass is 150 g/mol. The second-order valence-electron chi connectivity index (χ2n) is 2.71. The van der Waals surface area contributed by atoms with Crippen LogP contribution in [0, 0.1) is 6.92 Å². The number of hydrogen-bond acceptors (Lipinski definition) is 1. The molecule has 0 bridgehead atoms. The Morgan fingerprint density at radius 3 is 3.00 bits per heavy atom. The van der Waals surface area contributed by atoms with Crippen molar-refractivity contribution in [2.24, 2.45) is 0 Å². The van der Waals surface area contributed by atoms with E-state index in [2.05, 4.69) is 25.1 Å². The topological polar surface area (TPSA) is 0 Å². The average molecular weight is 150 g/mol. The molecule has 0 fully saturated rings. The van der Waals surface area contributed by atoms with E-state index >= 15 is 0 Å². The number of hydrogen-bond donors (Lipinski definition) is 0. The van der Waals surface area contributed by atoms with Gasteiger partial charge in [0.15, 0.2) is 0 Å². The van der Waals surface area contributed by atoms with Gasteiger partial charge in [-0.3, -0.25) is 0 Å². The van der Waals surface area contributed by atoms with Crippen LogP contribution in [0.4, 0.5) is 0 Å². The third-order valence-electron chi connectivity index (χ3n) is 2.01. The Morgan fingerprint density at radius 2 is 2.20 bits per heavy atom. The summed E-state index contributed by atoms with van der Waals surface area (Å²) in [5, 5.41) is 0. The van der Waals surface area contributed by atoms with Crippen molar-refractivity contribution in [2.45, 2.75) is 18.4 Å². The third kappa shape index (κ3) is 0.853. The predicted octanol–water partition coefficient (Wildman–Crippen LogP) is 2.74. The van der Waals surface area contributed by atoms with Crippen molar-refractivity contribution in [3.63, 3.8) is 0 Å². The SMILES string of the molecule is Cc1cccc2c1CSC2. The lowest BCUT2D eigenvalue weighted by atomic mass is 10.1. The smallest absolute Gasteiger partial charge is 0.0193 e. The standard InChI is InChI=1S/C9H10S/c1-7-3-2-4-8-5-10-6-9(7)8/h2-4H,5-6H2,1H3. The molecular weight excluding hydrogens is 140 g/mol. The quantitative estimate of drug-likeness (QED) is 0.548. The Morgan fingerprint density at radius 1 is 1.30 bits per heavy atom. The van der Waals surface area contributed by atoms with Crippen LogP contribution < -0.4 is 0 Å². The van der Waals surface area contributed by atoms with Crippen molar-refractivity contribution in [2.75, 3.05) is 0 Å². The first kappa shape index (κ1) is 6.29. The summed E-state index contributed by atoms with van der Waals surface area (Å²) in [5.41, 5.74) is 4.58. The van der Waals surface area contributed by atoms with Gasteiger partial charge < -0.3 is 0 Å². The minimum absolute atomic E-state index is 1.22. The summed E-state index contributed by atoms with van der Waals surface area (Å²) in [6.07, 6.45) is 0. The minimum Gasteiger partial charge on any atom is -0.152 e. The van der Waals surface area contributed by atoms with Crippen molar-refractivity contribution in [1.82, 2.24) is 0 Å². The van der Waals surface area contributed by atoms with Gasteiger partial charge in [0.2, 0.25) is 0 Å². The molecule has 0 N–H and O–H groups in total. The molecule has 52 valence electrons. The van der Waals surface area contributed by atoms with Crippen molar-refractivity contribution in [3.8, 4) is 0 Å². The van der Waals surface area contributed by atoms with E-state index in [1.54, 1.807) is 11.1 Å². The lowest BCUT2D eigenvalue weighted by Crippen LogP contribution is -1.84. The Balaban J connectivity index is 2.59. The zero-order chi connectivity index (χ0) is 6.97. The van der Waals surface area contributed by atoms with Crippen molar-refractivity contribution in [3.05, 3.63) is 34.9 Å². The summed E-state index contributed by atoms with van der Waals surface area (Å²) in [4.78, 5) is 0. The van der Waals surface area contributed by atoms with Crippen molar-refractivity contribution in [1.29, 1.82) is 0 Å². The zero-order valence-electron chi connectivity index (χ0n) is 6.05. The molecule has 1 aromatic carbocycles. The molecule has 0 aromatic heterocycles. The molecule has 0 saturated carbocycles. The molecule has 1 heterocycles. The molecule has 1 heteroatoms. The lowest BCUT2D eigenvalue weighted by molar-refractivity contribution is 1.27. The maximum absolute atomic E-state index is 2.24. The number of aryl methyl sites for hydroxylation is 1. The van der Waals surface area contributed by atoms with Crippen LogP contribution in [0.5, 0.6) is 0 Å². The Bertz CT molecular complexity index is 253. The van der Waals surface area contributed by atoms with E-state index in [4.69, 9.17) is 0 Å². The molecule has 0 radical (unpaired) electrons. The van der Waals surface area contributed by atoms with Crippen molar-refractivity contribution >= 4 is 11.8 Å². The molecule has 0 atom stereocenters. The molecule has 1 aromatic rings. The Hall–Kier alpha value is -0.430. The second kappa shape index (κ2) is 2.31. The first-order valence-corrected chi connectivity index (χ1v) is 4.68. The first-order chi connectivity index (χ1) is 4.88. The van der Waals surface area contributed by atoms with Crippen LogP contribution in [0.2, 0.25) is 0 Å². The summed E-state index contributed by atoms with van der Waals surface area (Å²) in [5.74, 6) is 2.44. The molecule has 1 aliphatic rings. The number of fused-ring (bicyclic) bond motifs is 1. The van der Waals surface area contributed by atoms with E-state index < -0.39 is 0 Å². The fourth-order valence-electron chi connectivity index (χ4n) is 1.37. The van der Waals surface area contributed by atoms with Gasteiger partial charge in [0.25, 0.3) is 0 Å². The van der Waals surface area contributed by atoms with Gasteiger partial charge in [0.1, 0.15) is 0 Å². The highest BCUT2D eigenvalue weighted by Gasteiger charge is 2.11. The third-order valence-corrected chi connectivity index (χ3v) is 3.02. The van der Waals surface area contributed by atoms with Gasteiger partial charge in [-0.15, -0.1) is 0 Å². The molecule has 0 aliphatic carbocycles. The maximum Gasteiger partial charge on any atom is 0.0193 e. The predicted molar refractivity (Wildman–Crippen MR) is 46.2 cm³/mol. The van der Waals surface area contributed by atoms with Gasteiger partial charge in [-0.2, -0.15) is 11.8 Å². The van der Waals surface area contributed by atoms with Gasteiger partial charge in [0, 0.05) is 11.5 Å². The zero-order valence-corrected chi connectivity index (χ0v) is 6.87. The number of rotatable bonds is 0. The van der Waals surface area contributed by atoms with E-state index in [0.29, 0.717) is 0 Å². The van der Waals surface area contributed by atoms with Gasteiger partial charge in [-0.05, 0) is 23.6 Å². The summed E-state index contributed by atoms with van der Waals surface area (Å²) in [7, 11) is 0. The van der Waals surface area contributed by atoms with E-state index in [-0.39, 0.29) is 0 Å². The van der Waals surface area contributed by atoms with Gasteiger partial charge in [-0.25, -0.2) is 0 Å². The van der Waals surface area contributed by atoms with Gasteiger partial charge in [0.05, 0.1) is 0 Å². The fourth-order valence-corrected chi connectivity index (χ4v) is 2.58. The number of thioether (sulfide) groups is 1. The molecule has 2 rings (SSSR count). The number of benzene rings is 1. The summed E-state index contributed by atoms with van der Waals surface area (Å²) in [6, 6.07) is 6.59. The Kier molecular flexibility index (Phi) is 1.46. The van der Waals surface area contributed by atoms with Crippen LogP contribution in [0.3, 0.4) is 0 Å². The highest BCUT2D eigenvalue weighted by Crippen LogP contribution is 2.31. The lowest BCUT2D eigenvalue weighted by Gasteiger charge is -1.99. The molecule has 10 heavy (non-hydrogen) atoms. The molecular formula is C9H10S. The Labute approximate surface area is 65.6 Å². The van der Waals surface area contributed by atoms with E-state index in [1.165, 1.54) is 17.1 Å². The molecule has 0 amide bonds. The molecule has 0 spiro atoms. The van der Waals surface area contributed by atoms with Crippen LogP contribution in [-0.2, 0) is 11.5 Å². The highest BCUT2D eigenvalue weighted by atomic mass is 32.2. The summed E-state index contributed by atoms with van der Waals surface area (Å²) in [6.45, 7) is 2.20. The maximum atomic E-state index is 2.24. The van der Waals surface area contributed by atoms with Crippen molar-refractivity contribution < 1.29 is 0 Å². The first-order valence-electron chi connectivity index (χ1n) is 3.53. The second-order valence-corrected chi connectivity index (χ2v) is 3.69. The summed E-state index contributed by atoms with van der Waals surface area (Å²) >= 11 is 2.02. The summed E-state index contributed by atoms with van der Waals surface area (Å²) < 4.78 is 0. The van der Waals surface area contributed by atoms with Crippen LogP contribution in [0.25, 0.3) is 0 Å². The largest absolute Gasteiger partial charge is 0.152 e. The molecule has 0 saturated heterocycles. The van der Waals surface area contributed by atoms with E-state index in [1.807, 2.05) is 11.8 Å². The van der Waals surface area contributed by atoms with Crippen LogP contribution in [0.15, 0.2) is 18.2 Å². The molecule has 1 aliphatic heterocycles. The van der Waals surface area contributed by atoms with E-state index in [9.17, 15) is 0 Å².